The maximum atomic E-state index is 6.09. The highest BCUT2D eigenvalue weighted by atomic mass is 127. The van der Waals surface area contributed by atoms with E-state index in [2.05, 4.69) is 64.4 Å². The van der Waals surface area contributed by atoms with Gasteiger partial charge in [0.1, 0.15) is 6.54 Å². The molecule has 0 aliphatic heterocycles. The quantitative estimate of drug-likeness (QED) is 0.288. The lowest BCUT2D eigenvalue weighted by Gasteiger charge is -2.07. The maximum Gasteiger partial charge on any atom is 0.214 e. The number of nitrogens with zero attached hydrogens (tertiary/aromatic N) is 1. The standard InChI is InChI=1S/C15H19IN2.HI/c1-12-11-14(17)13-7-3-4-8-15(13)18(12)10-6-2-5-9-16;/h3-4,7-8,11,17H,2,5-6,9-10H2,1H3;1H. The number of benzene rings is 1. The van der Waals surface area contributed by atoms with E-state index in [9.17, 15) is 0 Å². The van der Waals surface area contributed by atoms with E-state index >= 15 is 0 Å². The first-order valence-electron chi connectivity index (χ1n) is 6.47. The molecule has 0 unspecified atom stereocenters. The van der Waals surface area contributed by atoms with Crippen LogP contribution in [0.15, 0.2) is 30.3 Å². The summed E-state index contributed by atoms with van der Waals surface area (Å²) in [6.45, 7) is 3.23. The summed E-state index contributed by atoms with van der Waals surface area (Å²) in [5.74, 6) is 0. The fraction of sp³-hybridized carbons (Fsp3) is 0.400. The molecule has 104 valence electrons. The van der Waals surface area contributed by atoms with Crippen molar-refractivity contribution in [3.63, 3.8) is 0 Å². The lowest BCUT2D eigenvalue weighted by molar-refractivity contribution is -0.677. The number of aryl methyl sites for hydroxylation is 2. The molecule has 0 aliphatic rings. The second-order valence-electron chi connectivity index (χ2n) is 4.66. The van der Waals surface area contributed by atoms with Crippen molar-refractivity contribution in [2.75, 3.05) is 10.2 Å². The Morgan fingerprint density at radius 3 is 2.63 bits per heavy atom. The summed E-state index contributed by atoms with van der Waals surface area (Å²) in [5.41, 5.74) is 9.47. The fourth-order valence-electron chi connectivity index (χ4n) is 2.36. The highest BCUT2D eigenvalue weighted by Crippen LogP contribution is 2.18. The normalized spacial score (nSPS) is 10.4. The average Bonchev–Trinajstić information content (AvgIpc) is 2.38. The SMILES string of the molecule is Cc1cc(N)c2ccccc2[n+]1CCCCCI.[I-]. The van der Waals surface area contributed by atoms with Crippen LogP contribution in [-0.4, -0.2) is 4.43 Å². The minimum absolute atomic E-state index is 0. The lowest BCUT2D eigenvalue weighted by Crippen LogP contribution is -3.00. The molecule has 2 nitrogen and oxygen atoms in total. The highest BCUT2D eigenvalue weighted by Gasteiger charge is 2.14. The van der Waals surface area contributed by atoms with Crippen molar-refractivity contribution in [2.45, 2.75) is 32.7 Å². The van der Waals surface area contributed by atoms with Gasteiger partial charge in [-0.3, -0.25) is 0 Å². The van der Waals surface area contributed by atoms with E-state index in [1.165, 1.54) is 34.9 Å². The predicted octanol–water partition coefficient (Wildman–Crippen LogP) is 0.627. The summed E-state index contributed by atoms with van der Waals surface area (Å²) in [6.07, 6.45) is 3.85. The molecule has 0 saturated heterocycles. The van der Waals surface area contributed by atoms with Crippen molar-refractivity contribution in [1.82, 2.24) is 0 Å². The summed E-state index contributed by atoms with van der Waals surface area (Å²) in [6, 6.07) is 10.5. The molecule has 0 radical (unpaired) electrons. The van der Waals surface area contributed by atoms with Gasteiger partial charge >= 0.3 is 0 Å². The van der Waals surface area contributed by atoms with Crippen molar-refractivity contribution in [3.05, 3.63) is 36.0 Å². The summed E-state index contributed by atoms with van der Waals surface area (Å²) in [7, 11) is 0. The summed E-state index contributed by atoms with van der Waals surface area (Å²) >= 11 is 2.44. The van der Waals surface area contributed by atoms with Crippen LogP contribution < -0.4 is 34.3 Å². The number of anilines is 1. The monoisotopic (exact) mass is 482 g/mol. The zero-order chi connectivity index (χ0) is 13.0. The third kappa shape index (κ3) is 4.18. The molecular weight excluding hydrogens is 462 g/mol. The molecule has 1 aromatic heterocycles. The Balaban J connectivity index is 0.00000180. The van der Waals surface area contributed by atoms with Crippen molar-refractivity contribution >= 4 is 39.2 Å². The van der Waals surface area contributed by atoms with Crippen LogP contribution in [0.2, 0.25) is 0 Å². The zero-order valence-corrected chi connectivity index (χ0v) is 15.5. The van der Waals surface area contributed by atoms with E-state index in [4.69, 9.17) is 5.73 Å². The van der Waals surface area contributed by atoms with Crippen LogP contribution in [-0.2, 0) is 6.54 Å². The van der Waals surface area contributed by atoms with Crippen LogP contribution in [0, 0.1) is 6.92 Å². The van der Waals surface area contributed by atoms with Crippen molar-refractivity contribution < 1.29 is 28.5 Å². The van der Waals surface area contributed by atoms with Gasteiger partial charge in [-0.25, -0.2) is 0 Å². The molecule has 0 atom stereocenters. The van der Waals surface area contributed by atoms with Crippen LogP contribution in [0.5, 0.6) is 0 Å². The first-order chi connectivity index (χ1) is 8.74. The number of fused-ring (bicyclic) bond motifs is 1. The predicted molar refractivity (Wildman–Crippen MR) is 86.0 cm³/mol. The molecule has 2 aromatic rings. The van der Waals surface area contributed by atoms with Crippen LogP contribution in [0.4, 0.5) is 5.69 Å². The van der Waals surface area contributed by atoms with Crippen LogP contribution in [0.3, 0.4) is 0 Å². The Labute approximate surface area is 145 Å². The second-order valence-corrected chi connectivity index (χ2v) is 5.74. The van der Waals surface area contributed by atoms with Crippen molar-refractivity contribution in [3.8, 4) is 0 Å². The number of rotatable bonds is 5. The number of pyridine rings is 1. The number of hydrogen-bond donors (Lipinski definition) is 1. The summed E-state index contributed by atoms with van der Waals surface area (Å²) < 4.78 is 3.64. The molecule has 1 aromatic carbocycles. The number of hydrogen-bond acceptors (Lipinski definition) is 1. The fourth-order valence-corrected chi connectivity index (χ4v) is 2.90. The molecule has 0 amide bonds. The molecule has 2 N–H and O–H groups in total. The lowest BCUT2D eigenvalue weighted by atomic mass is 10.1. The number of unbranched alkanes of at least 4 members (excludes halogenated alkanes) is 2. The number of aromatic nitrogens is 1. The topological polar surface area (TPSA) is 29.9 Å². The number of para-hydroxylation sites is 1. The zero-order valence-electron chi connectivity index (χ0n) is 11.2. The van der Waals surface area contributed by atoms with Crippen molar-refractivity contribution in [1.29, 1.82) is 0 Å². The Kier molecular flexibility index (Phi) is 7.35. The van der Waals surface area contributed by atoms with Gasteiger partial charge in [0.2, 0.25) is 5.52 Å². The Morgan fingerprint density at radius 1 is 1.16 bits per heavy atom. The first-order valence-corrected chi connectivity index (χ1v) is 8.00. The molecule has 0 spiro atoms. The van der Waals surface area contributed by atoms with Crippen molar-refractivity contribution in [2.24, 2.45) is 0 Å². The first kappa shape index (κ1) is 16.9. The van der Waals surface area contributed by atoms with Gasteiger partial charge in [0.05, 0.1) is 11.1 Å². The van der Waals surface area contributed by atoms with Gasteiger partial charge in [-0.15, -0.1) is 0 Å². The molecule has 19 heavy (non-hydrogen) atoms. The molecule has 0 saturated carbocycles. The molecule has 0 fully saturated rings. The third-order valence-corrected chi connectivity index (χ3v) is 4.07. The Morgan fingerprint density at radius 2 is 1.89 bits per heavy atom. The van der Waals surface area contributed by atoms with Crippen LogP contribution in [0.25, 0.3) is 10.9 Å². The van der Waals surface area contributed by atoms with E-state index in [0.717, 1.165) is 17.6 Å². The van der Waals surface area contributed by atoms with Gasteiger partial charge in [0, 0.05) is 25.5 Å². The van der Waals surface area contributed by atoms with Crippen LogP contribution >= 0.6 is 22.6 Å². The van der Waals surface area contributed by atoms with Gasteiger partial charge in [-0.2, -0.15) is 4.57 Å². The maximum absolute atomic E-state index is 6.09. The average molecular weight is 482 g/mol. The largest absolute Gasteiger partial charge is 1.00 e. The molecule has 1 heterocycles. The Hall–Kier alpha value is -0.110. The minimum atomic E-state index is 0. The third-order valence-electron chi connectivity index (χ3n) is 3.31. The molecular formula is C15H20I2N2. The van der Waals surface area contributed by atoms with Gasteiger partial charge in [0.25, 0.3) is 0 Å². The summed E-state index contributed by atoms with van der Waals surface area (Å²) in [5, 5.41) is 1.16. The number of halogens is 2. The molecule has 2 rings (SSSR count). The van der Waals surface area contributed by atoms with E-state index in [1.54, 1.807) is 0 Å². The van der Waals surface area contributed by atoms with Gasteiger partial charge < -0.3 is 29.7 Å². The van der Waals surface area contributed by atoms with Crippen LogP contribution in [0.1, 0.15) is 25.0 Å². The number of nitrogens with two attached hydrogens (primary N) is 1. The number of alkyl halides is 1. The molecule has 0 aliphatic carbocycles. The van der Waals surface area contributed by atoms with Gasteiger partial charge in [-0.1, -0.05) is 34.7 Å². The Bertz CT molecular complexity index is 541. The van der Waals surface area contributed by atoms with E-state index in [1.807, 2.05) is 0 Å². The highest BCUT2D eigenvalue weighted by molar-refractivity contribution is 14.1. The smallest absolute Gasteiger partial charge is 0.214 e. The van der Waals surface area contributed by atoms with E-state index in [-0.39, 0.29) is 24.0 Å². The molecule has 0 bridgehead atoms. The number of nitrogen functional groups attached to an aromatic ring is 1. The van der Waals surface area contributed by atoms with E-state index < -0.39 is 0 Å². The minimum Gasteiger partial charge on any atom is -1.00 e. The second kappa shape index (κ2) is 8.24. The summed E-state index contributed by atoms with van der Waals surface area (Å²) in [4.78, 5) is 0. The van der Waals surface area contributed by atoms with Gasteiger partial charge in [0.15, 0.2) is 5.69 Å². The van der Waals surface area contributed by atoms with E-state index in [0.29, 0.717) is 0 Å². The molecule has 4 heteroatoms. The van der Waals surface area contributed by atoms with Gasteiger partial charge in [-0.05, 0) is 23.3 Å².